The molecule has 23 nitrogen and oxygen atoms in total. The zero-order valence-corrected chi connectivity index (χ0v) is 62.7. The quantitative estimate of drug-likeness (QED) is 0.0140. The standard InChI is InChI=1S/C83H91N13O10S2/c1-89(2)73-43-23-41-71-69(73)39-25-45-75(71)107(103,104)95(55-67-35-19-9-20-36-67)61-81(101)93(53-65-31-15-7-16-32-65)59-79(99)91(51-63-27-11-5-12-28-63)57-77(97)85-47-49-87-83(84)88-50-48-86-78(98)58-92(52-64-29-13-6-14-30-64)80(100)60-94(54-66-33-17-8-18-34-66)82(102)62-96(56-68-37-21-10-22-38-68)108(105,106)76-46-26-40-70-72(76)42-24-44-74(70)90(3)4/h5-46H,47-62H2,1-4H3,(H,85,97)(H,86,98)(H3,84,87,88). The highest BCUT2D eigenvalue weighted by Gasteiger charge is 2.35. The van der Waals surface area contributed by atoms with Crippen LogP contribution in [0.4, 0.5) is 11.4 Å². The van der Waals surface area contributed by atoms with Crippen molar-refractivity contribution < 1.29 is 45.6 Å². The van der Waals surface area contributed by atoms with E-state index in [0.717, 1.165) is 20.0 Å². The molecule has 5 N–H and O–H groups in total. The molecule has 0 aliphatic carbocycles. The average molecular weight is 1490 g/mol. The van der Waals surface area contributed by atoms with E-state index in [1.165, 1.54) is 31.7 Å². The molecule has 0 fully saturated rings. The van der Waals surface area contributed by atoms with E-state index >= 15 is 16.8 Å². The Balaban J connectivity index is 0.754. The van der Waals surface area contributed by atoms with Gasteiger partial charge in [0, 0.05) is 127 Å². The van der Waals surface area contributed by atoms with Crippen LogP contribution in [0, 0.1) is 5.41 Å². The van der Waals surface area contributed by atoms with E-state index in [2.05, 4.69) is 21.3 Å². The van der Waals surface area contributed by atoms with Crippen molar-refractivity contribution in [2.45, 2.75) is 49.1 Å². The van der Waals surface area contributed by atoms with Crippen LogP contribution in [0.15, 0.2) is 265 Å². The fourth-order valence-corrected chi connectivity index (χ4v) is 15.7. The van der Waals surface area contributed by atoms with Gasteiger partial charge >= 0.3 is 0 Å². The van der Waals surface area contributed by atoms with Gasteiger partial charge in [0.2, 0.25) is 55.5 Å². The minimum absolute atomic E-state index is 0.00159. The molecular formula is C83H91N13O10S2. The molecule has 560 valence electrons. The molecule has 0 spiro atoms. The average Bonchev–Trinajstić information content (AvgIpc) is 0.767. The fourth-order valence-electron chi connectivity index (χ4n) is 12.5. The minimum atomic E-state index is -4.39. The SMILES string of the molecule is CN(C)c1cccc2c(S(=O)(=O)N(CC(=O)N(CC(=O)N(CC(=O)NCCNC(=N)NCCNC(=O)CN(Cc3ccccc3)C(=O)CN(Cc3ccccc3)C(=O)CN(Cc3ccccc3)S(=O)(=O)c3cccc4c(N(C)C)cccc34)Cc3ccccc3)Cc3ccccc3)Cc3ccccc3)cccc12. The van der Waals surface area contributed by atoms with E-state index in [4.69, 9.17) is 5.41 Å². The van der Waals surface area contributed by atoms with Crippen molar-refractivity contribution in [3.63, 3.8) is 0 Å². The Morgan fingerprint density at radius 3 is 0.833 bits per heavy atom. The van der Waals surface area contributed by atoms with Gasteiger partial charge in [0.25, 0.3) is 0 Å². The van der Waals surface area contributed by atoms with Gasteiger partial charge in [-0.25, -0.2) is 16.8 Å². The third-order valence-electron chi connectivity index (χ3n) is 18.0. The molecule has 10 aromatic carbocycles. The number of hydrogen-bond acceptors (Lipinski definition) is 13. The Kier molecular flexibility index (Phi) is 27.7. The largest absolute Gasteiger partial charge is 0.377 e. The molecule has 0 atom stereocenters. The van der Waals surface area contributed by atoms with Crippen molar-refractivity contribution in [1.29, 1.82) is 5.41 Å². The smallest absolute Gasteiger partial charge is 0.244 e. The zero-order chi connectivity index (χ0) is 76.6. The number of nitrogens with one attached hydrogen (secondary N) is 5. The van der Waals surface area contributed by atoms with Crippen molar-refractivity contribution in [3.05, 3.63) is 288 Å². The fraction of sp³-hybridized carbons (Fsp3) is 0.241. The normalized spacial score (nSPS) is 11.4. The second kappa shape index (κ2) is 38.0. The number of carbonyl (C=O) groups excluding carboxylic acids is 6. The van der Waals surface area contributed by atoms with Crippen LogP contribution in [-0.2, 0) is 88.1 Å². The van der Waals surface area contributed by atoms with Gasteiger partial charge in [0.05, 0.1) is 36.0 Å². The third-order valence-corrected chi connectivity index (χ3v) is 21.7. The van der Waals surface area contributed by atoms with Gasteiger partial charge < -0.3 is 50.7 Å². The Morgan fingerprint density at radius 1 is 0.287 bits per heavy atom. The molecule has 6 amide bonds. The van der Waals surface area contributed by atoms with E-state index in [9.17, 15) is 28.8 Å². The maximum atomic E-state index is 15.1. The van der Waals surface area contributed by atoms with Crippen LogP contribution in [0.3, 0.4) is 0 Å². The molecule has 0 unspecified atom stereocenters. The molecule has 0 saturated carbocycles. The molecule has 0 aromatic heterocycles. The summed E-state index contributed by atoms with van der Waals surface area (Å²) >= 11 is 0. The summed E-state index contributed by atoms with van der Waals surface area (Å²) in [6.07, 6.45) is 0. The van der Waals surface area contributed by atoms with Crippen molar-refractivity contribution in [3.8, 4) is 0 Å². The zero-order valence-electron chi connectivity index (χ0n) is 61.0. The number of nitrogens with zero attached hydrogens (tertiary/aromatic N) is 8. The summed E-state index contributed by atoms with van der Waals surface area (Å²) < 4.78 is 62.6. The summed E-state index contributed by atoms with van der Waals surface area (Å²) in [6, 6.07) is 75.1. The number of anilines is 2. The van der Waals surface area contributed by atoms with Gasteiger partial charge in [0.15, 0.2) is 5.96 Å². The predicted octanol–water partition coefficient (Wildman–Crippen LogP) is 8.67. The van der Waals surface area contributed by atoms with Crippen LogP contribution < -0.4 is 31.1 Å². The molecule has 10 rings (SSSR count). The first-order valence-electron chi connectivity index (χ1n) is 35.4. The summed E-state index contributed by atoms with van der Waals surface area (Å²) in [5, 5.41) is 22.4. The first-order chi connectivity index (χ1) is 52.1. The highest BCUT2D eigenvalue weighted by atomic mass is 32.2. The second-order valence-electron chi connectivity index (χ2n) is 26.4. The molecule has 0 aliphatic rings. The maximum Gasteiger partial charge on any atom is 0.244 e. The summed E-state index contributed by atoms with van der Waals surface area (Å²) in [4.78, 5) is 96.2. The van der Waals surface area contributed by atoms with E-state index < -0.39 is 94.8 Å². The second-order valence-corrected chi connectivity index (χ2v) is 30.2. The van der Waals surface area contributed by atoms with E-state index in [1.54, 1.807) is 158 Å². The topological polar surface area (TPSA) is 269 Å². The first kappa shape index (κ1) is 78.8. The summed E-state index contributed by atoms with van der Waals surface area (Å²) in [6.45, 7) is -3.24. The van der Waals surface area contributed by atoms with Crippen LogP contribution in [-0.4, -0.2) is 180 Å². The van der Waals surface area contributed by atoms with Gasteiger partial charge in [-0.2, -0.15) is 8.61 Å². The monoisotopic (exact) mass is 1490 g/mol. The lowest BCUT2D eigenvalue weighted by molar-refractivity contribution is -0.143. The van der Waals surface area contributed by atoms with Crippen molar-refractivity contribution in [2.75, 3.05) is 103 Å². The molecule has 0 aliphatic heterocycles. The van der Waals surface area contributed by atoms with Crippen LogP contribution >= 0.6 is 0 Å². The number of fused-ring (bicyclic) bond motifs is 2. The molecule has 0 radical (unpaired) electrons. The summed E-state index contributed by atoms with van der Waals surface area (Å²) in [7, 11) is -1.28. The molecule has 0 heterocycles. The Bertz CT molecular complexity index is 4650. The first-order valence-corrected chi connectivity index (χ1v) is 38.3. The molecule has 10 aromatic rings. The summed E-state index contributed by atoms with van der Waals surface area (Å²) in [5.74, 6) is -3.61. The minimum Gasteiger partial charge on any atom is -0.377 e. The molecule has 0 saturated heterocycles. The van der Waals surface area contributed by atoms with Crippen LogP contribution in [0.1, 0.15) is 33.4 Å². The van der Waals surface area contributed by atoms with E-state index in [-0.39, 0.29) is 81.2 Å². The van der Waals surface area contributed by atoms with Crippen LogP contribution in [0.25, 0.3) is 21.5 Å². The highest BCUT2D eigenvalue weighted by Crippen LogP contribution is 2.34. The number of amides is 6. The Hall–Kier alpha value is -11.8. The predicted molar refractivity (Wildman–Crippen MR) is 422 cm³/mol. The molecule has 25 heteroatoms. The van der Waals surface area contributed by atoms with E-state index in [0.29, 0.717) is 54.9 Å². The number of benzene rings is 10. The lowest BCUT2D eigenvalue weighted by Gasteiger charge is -2.30. The van der Waals surface area contributed by atoms with Crippen LogP contribution in [0.2, 0.25) is 0 Å². The number of hydrogen-bond donors (Lipinski definition) is 5. The number of sulfonamides is 2. The third kappa shape index (κ3) is 21.7. The molecule has 108 heavy (non-hydrogen) atoms. The van der Waals surface area contributed by atoms with E-state index in [1.807, 2.05) is 123 Å². The van der Waals surface area contributed by atoms with Gasteiger partial charge in [0.1, 0.15) is 13.1 Å². The van der Waals surface area contributed by atoms with Gasteiger partial charge in [-0.1, -0.05) is 231 Å². The van der Waals surface area contributed by atoms with Gasteiger partial charge in [-0.3, -0.25) is 34.2 Å². The summed E-state index contributed by atoms with van der Waals surface area (Å²) in [5.41, 5.74) is 5.71. The lowest BCUT2D eigenvalue weighted by atomic mass is 10.1. The van der Waals surface area contributed by atoms with Crippen molar-refractivity contribution in [1.82, 2.24) is 49.5 Å². The number of carbonyl (C=O) groups is 6. The number of guanidine groups is 1. The Labute approximate surface area is 632 Å². The van der Waals surface area contributed by atoms with Gasteiger partial charge in [-0.15, -0.1) is 0 Å². The van der Waals surface area contributed by atoms with Crippen LogP contribution in [0.5, 0.6) is 0 Å². The molecular weight excluding hydrogens is 1400 g/mol. The number of rotatable bonds is 36. The lowest BCUT2D eigenvalue weighted by Crippen LogP contribution is -2.49. The van der Waals surface area contributed by atoms with Crippen molar-refractivity contribution >= 4 is 94.4 Å². The van der Waals surface area contributed by atoms with Crippen molar-refractivity contribution in [2.24, 2.45) is 0 Å². The maximum absolute atomic E-state index is 15.1. The molecule has 0 bridgehead atoms. The highest BCUT2D eigenvalue weighted by molar-refractivity contribution is 7.89. The van der Waals surface area contributed by atoms with Gasteiger partial charge in [-0.05, 0) is 57.6 Å². The Morgan fingerprint density at radius 2 is 0.537 bits per heavy atom.